The summed E-state index contributed by atoms with van der Waals surface area (Å²) in [4.78, 5) is 0. The van der Waals surface area contributed by atoms with E-state index in [9.17, 15) is 0 Å². The predicted octanol–water partition coefficient (Wildman–Crippen LogP) is 4.26. The normalized spacial score (nSPS) is 11.9. The molecule has 0 atom stereocenters. The van der Waals surface area contributed by atoms with Crippen molar-refractivity contribution >= 4 is 11.6 Å². The van der Waals surface area contributed by atoms with Crippen molar-refractivity contribution in [3.8, 4) is 5.75 Å². The van der Waals surface area contributed by atoms with Gasteiger partial charge in [0.1, 0.15) is 5.75 Å². The highest BCUT2D eigenvalue weighted by Crippen LogP contribution is 2.33. The molecule has 1 aromatic rings. The lowest BCUT2D eigenvalue weighted by Crippen LogP contribution is -2.27. The van der Waals surface area contributed by atoms with Crippen molar-refractivity contribution in [3.05, 3.63) is 28.8 Å². The van der Waals surface area contributed by atoms with Crippen LogP contribution in [0.25, 0.3) is 0 Å². The molecule has 1 rings (SSSR count). The van der Waals surface area contributed by atoms with Gasteiger partial charge in [-0.25, -0.2) is 0 Å². The molecule has 1 aromatic carbocycles. The molecule has 0 amide bonds. The van der Waals surface area contributed by atoms with Gasteiger partial charge in [-0.15, -0.1) is 0 Å². The summed E-state index contributed by atoms with van der Waals surface area (Å²) in [5.74, 6) is 1.45. The first-order chi connectivity index (χ1) is 8.86. The van der Waals surface area contributed by atoms with E-state index in [4.69, 9.17) is 16.3 Å². The minimum Gasteiger partial charge on any atom is -0.495 e. The van der Waals surface area contributed by atoms with Crippen molar-refractivity contribution in [2.45, 2.75) is 39.5 Å². The Morgan fingerprint density at radius 1 is 1.32 bits per heavy atom. The molecule has 1 N–H and O–H groups in total. The van der Waals surface area contributed by atoms with Crippen LogP contribution in [0.1, 0.15) is 39.7 Å². The molecule has 19 heavy (non-hydrogen) atoms. The summed E-state index contributed by atoms with van der Waals surface area (Å²) in [6.45, 7) is 11.1. The molecule has 0 aromatic heterocycles. The second-order valence-corrected chi connectivity index (χ2v) is 6.49. The molecule has 3 heteroatoms. The topological polar surface area (TPSA) is 21.3 Å². The number of halogens is 1. The summed E-state index contributed by atoms with van der Waals surface area (Å²) >= 11 is 6.07. The first-order valence-corrected chi connectivity index (χ1v) is 7.29. The van der Waals surface area contributed by atoms with Crippen LogP contribution in [0, 0.1) is 5.92 Å². The summed E-state index contributed by atoms with van der Waals surface area (Å²) in [5, 5.41) is 4.16. The smallest absolute Gasteiger partial charge is 0.137 e. The Hall–Kier alpha value is -0.730. The highest BCUT2D eigenvalue weighted by atomic mass is 35.5. The molecular formula is C16H26ClNO. The zero-order valence-electron chi connectivity index (χ0n) is 12.7. The molecule has 0 saturated heterocycles. The van der Waals surface area contributed by atoms with Gasteiger partial charge in [-0.3, -0.25) is 0 Å². The number of methoxy groups -OCH3 is 1. The lowest BCUT2D eigenvalue weighted by atomic mass is 9.81. The van der Waals surface area contributed by atoms with Gasteiger partial charge in [-0.05, 0) is 48.5 Å². The molecule has 0 bridgehead atoms. The third-order valence-corrected chi connectivity index (χ3v) is 3.72. The van der Waals surface area contributed by atoms with Crippen LogP contribution in [0.15, 0.2) is 18.2 Å². The van der Waals surface area contributed by atoms with E-state index in [1.54, 1.807) is 7.11 Å². The maximum atomic E-state index is 6.07. The zero-order valence-corrected chi connectivity index (χ0v) is 13.5. The second-order valence-electron chi connectivity index (χ2n) is 6.08. The standard InChI is InChI=1S/C16H26ClNO/c1-12(2)11-18-9-8-16(3,4)13-6-7-14(17)15(10-13)19-5/h6-7,10,12,18H,8-9,11H2,1-5H3. The maximum Gasteiger partial charge on any atom is 0.137 e. The highest BCUT2D eigenvalue weighted by molar-refractivity contribution is 6.32. The van der Waals surface area contributed by atoms with E-state index in [-0.39, 0.29) is 5.41 Å². The lowest BCUT2D eigenvalue weighted by Gasteiger charge is -2.26. The molecule has 0 unspecified atom stereocenters. The Balaban J connectivity index is 2.65. The number of ether oxygens (including phenoxy) is 1. The Kier molecular flexibility index (Phi) is 6.15. The maximum absolute atomic E-state index is 6.07. The molecular weight excluding hydrogens is 258 g/mol. The molecule has 0 spiro atoms. The van der Waals surface area contributed by atoms with Gasteiger partial charge in [0, 0.05) is 0 Å². The Bertz CT molecular complexity index is 402. The molecule has 108 valence electrons. The number of hydrogen-bond acceptors (Lipinski definition) is 2. The van der Waals surface area contributed by atoms with Gasteiger partial charge in [0.25, 0.3) is 0 Å². The van der Waals surface area contributed by atoms with Gasteiger partial charge in [0.05, 0.1) is 12.1 Å². The average molecular weight is 284 g/mol. The van der Waals surface area contributed by atoms with Gasteiger partial charge in [0.2, 0.25) is 0 Å². The first kappa shape index (κ1) is 16.3. The Labute approximate surface area is 122 Å². The summed E-state index contributed by atoms with van der Waals surface area (Å²) < 4.78 is 5.29. The number of benzene rings is 1. The van der Waals surface area contributed by atoms with E-state index in [0.717, 1.165) is 25.3 Å². The number of nitrogens with one attached hydrogen (secondary N) is 1. The minimum absolute atomic E-state index is 0.113. The minimum atomic E-state index is 0.113. The fourth-order valence-electron chi connectivity index (χ4n) is 2.02. The van der Waals surface area contributed by atoms with Crippen molar-refractivity contribution in [1.29, 1.82) is 0 Å². The predicted molar refractivity (Wildman–Crippen MR) is 83.4 cm³/mol. The monoisotopic (exact) mass is 283 g/mol. The molecule has 0 aliphatic carbocycles. The van der Waals surface area contributed by atoms with Gasteiger partial charge >= 0.3 is 0 Å². The van der Waals surface area contributed by atoms with Crippen LogP contribution in [0.5, 0.6) is 5.75 Å². The van der Waals surface area contributed by atoms with Crippen molar-refractivity contribution in [2.24, 2.45) is 5.92 Å². The van der Waals surface area contributed by atoms with Crippen molar-refractivity contribution in [1.82, 2.24) is 5.32 Å². The summed E-state index contributed by atoms with van der Waals surface area (Å²) in [5.41, 5.74) is 1.38. The van der Waals surface area contributed by atoms with E-state index in [0.29, 0.717) is 10.9 Å². The fraction of sp³-hybridized carbons (Fsp3) is 0.625. The van der Waals surface area contributed by atoms with E-state index in [2.05, 4.69) is 39.1 Å². The number of hydrogen-bond donors (Lipinski definition) is 1. The third-order valence-electron chi connectivity index (χ3n) is 3.41. The molecule has 0 aliphatic rings. The Morgan fingerprint density at radius 3 is 2.58 bits per heavy atom. The van der Waals surface area contributed by atoms with Crippen molar-refractivity contribution in [2.75, 3.05) is 20.2 Å². The zero-order chi connectivity index (χ0) is 14.5. The molecule has 0 radical (unpaired) electrons. The SMILES string of the molecule is COc1cc(C(C)(C)CCNCC(C)C)ccc1Cl. The van der Waals surface area contributed by atoms with E-state index < -0.39 is 0 Å². The van der Waals surface area contributed by atoms with Gasteiger partial charge in [0.15, 0.2) is 0 Å². The molecule has 0 fully saturated rings. The van der Waals surface area contributed by atoms with E-state index in [1.165, 1.54) is 5.56 Å². The van der Waals surface area contributed by atoms with Gasteiger partial charge in [-0.1, -0.05) is 45.4 Å². The molecule has 0 saturated carbocycles. The third kappa shape index (κ3) is 5.04. The molecule has 2 nitrogen and oxygen atoms in total. The van der Waals surface area contributed by atoms with E-state index in [1.807, 2.05) is 12.1 Å². The summed E-state index contributed by atoms with van der Waals surface area (Å²) in [7, 11) is 1.65. The summed E-state index contributed by atoms with van der Waals surface area (Å²) in [6.07, 6.45) is 1.09. The quantitative estimate of drug-likeness (QED) is 0.755. The van der Waals surface area contributed by atoms with Crippen LogP contribution in [0.4, 0.5) is 0 Å². The van der Waals surface area contributed by atoms with Crippen LogP contribution in [0.3, 0.4) is 0 Å². The number of rotatable bonds is 7. The summed E-state index contributed by atoms with van der Waals surface area (Å²) in [6, 6.07) is 6.05. The van der Waals surface area contributed by atoms with Crippen molar-refractivity contribution < 1.29 is 4.74 Å². The van der Waals surface area contributed by atoms with Crippen LogP contribution in [-0.4, -0.2) is 20.2 Å². The van der Waals surface area contributed by atoms with Crippen LogP contribution in [-0.2, 0) is 5.41 Å². The Morgan fingerprint density at radius 2 is 2.00 bits per heavy atom. The second kappa shape index (κ2) is 7.16. The van der Waals surface area contributed by atoms with Gasteiger partial charge in [-0.2, -0.15) is 0 Å². The molecule has 0 heterocycles. The largest absolute Gasteiger partial charge is 0.495 e. The lowest BCUT2D eigenvalue weighted by molar-refractivity contribution is 0.408. The fourth-order valence-corrected chi connectivity index (χ4v) is 2.21. The van der Waals surface area contributed by atoms with Crippen molar-refractivity contribution in [3.63, 3.8) is 0 Å². The van der Waals surface area contributed by atoms with Crippen LogP contribution >= 0.6 is 11.6 Å². The highest BCUT2D eigenvalue weighted by Gasteiger charge is 2.21. The van der Waals surface area contributed by atoms with Gasteiger partial charge < -0.3 is 10.1 Å². The average Bonchev–Trinajstić information content (AvgIpc) is 2.35. The van der Waals surface area contributed by atoms with E-state index >= 15 is 0 Å². The molecule has 0 aliphatic heterocycles. The van der Waals surface area contributed by atoms with Crippen LogP contribution < -0.4 is 10.1 Å². The first-order valence-electron chi connectivity index (χ1n) is 6.91. The van der Waals surface area contributed by atoms with Crippen LogP contribution in [0.2, 0.25) is 5.02 Å².